The maximum atomic E-state index is 11.8. The van der Waals surface area contributed by atoms with E-state index in [9.17, 15) is 9.59 Å². The van der Waals surface area contributed by atoms with Crippen LogP contribution in [0.15, 0.2) is 54.5 Å². The first-order valence-corrected chi connectivity index (χ1v) is 7.66. The molecule has 0 aliphatic heterocycles. The van der Waals surface area contributed by atoms with E-state index in [0.29, 0.717) is 11.5 Å². The van der Waals surface area contributed by atoms with Crippen LogP contribution in [0, 0.1) is 0 Å². The van der Waals surface area contributed by atoms with Gasteiger partial charge in [-0.2, -0.15) is 0 Å². The number of carbonyl (C=O) groups is 2. The average Bonchev–Trinajstić information content (AvgIpc) is 3.10. The topological polar surface area (TPSA) is 106 Å². The summed E-state index contributed by atoms with van der Waals surface area (Å²) in [5, 5.41) is 2.86. The number of ether oxygens (including phenoxy) is 2. The standard InChI is InChI=1S/C18H16N4O4/c1-25-16(23)9-15(18(24)26-2)20-12-5-6-13-14(8-12)22-17(21-13)11-4-3-7-19-10-11/h3-10,20H,1-2H3,(H,21,22)/b15-9+. The van der Waals surface area contributed by atoms with E-state index in [-0.39, 0.29) is 5.70 Å². The zero-order valence-electron chi connectivity index (χ0n) is 14.1. The molecule has 1 aromatic carbocycles. The van der Waals surface area contributed by atoms with Crippen molar-refractivity contribution in [2.24, 2.45) is 0 Å². The van der Waals surface area contributed by atoms with Crippen molar-refractivity contribution in [2.75, 3.05) is 19.5 Å². The van der Waals surface area contributed by atoms with Crippen molar-refractivity contribution < 1.29 is 19.1 Å². The van der Waals surface area contributed by atoms with E-state index >= 15 is 0 Å². The fourth-order valence-corrected chi connectivity index (χ4v) is 2.32. The molecular formula is C18H16N4O4. The highest BCUT2D eigenvalue weighted by Gasteiger charge is 2.13. The molecule has 3 aromatic rings. The number of imidazole rings is 1. The Morgan fingerprint density at radius 3 is 2.73 bits per heavy atom. The number of pyridine rings is 1. The van der Waals surface area contributed by atoms with E-state index < -0.39 is 11.9 Å². The number of anilines is 1. The molecule has 132 valence electrons. The third-order valence-electron chi connectivity index (χ3n) is 3.56. The monoisotopic (exact) mass is 352 g/mol. The number of fused-ring (bicyclic) bond motifs is 1. The predicted molar refractivity (Wildman–Crippen MR) is 95.1 cm³/mol. The van der Waals surface area contributed by atoms with Crippen LogP contribution in [0.25, 0.3) is 22.4 Å². The van der Waals surface area contributed by atoms with Crippen molar-refractivity contribution in [1.82, 2.24) is 15.0 Å². The number of benzene rings is 1. The number of nitrogens with one attached hydrogen (secondary N) is 2. The molecule has 0 bridgehead atoms. The van der Waals surface area contributed by atoms with E-state index in [1.807, 2.05) is 12.1 Å². The van der Waals surface area contributed by atoms with Crippen LogP contribution in [0.1, 0.15) is 0 Å². The Kier molecular flexibility index (Phi) is 4.93. The molecule has 2 N–H and O–H groups in total. The lowest BCUT2D eigenvalue weighted by atomic mass is 10.2. The number of esters is 2. The molecule has 0 fully saturated rings. The fraction of sp³-hybridized carbons (Fsp3) is 0.111. The first-order valence-electron chi connectivity index (χ1n) is 7.66. The maximum Gasteiger partial charge on any atom is 0.354 e. The SMILES string of the molecule is COC(=O)/C=C(/Nc1ccc2nc(-c3cccnc3)[nH]c2c1)C(=O)OC. The summed E-state index contributed by atoms with van der Waals surface area (Å²) in [5.74, 6) is -0.668. The minimum Gasteiger partial charge on any atom is -0.466 e. The average molecular weight is 352 g/mol. The highest BCUT2D eigenvalue weighted by atomic mass is 16.5. The molecule has 0 spiro atoms. The van der Waals surface area contributed by atoms with E-state index in [0.717, 1.165) is 22.7 Å². The summed E-state index contributed by atoms with van der Waals surface area (Å²) in [6, 6.07) is 9.04. The summed E-state index contributed by atoms with van der Waals surface area (Å²) in [4.78, 5) is 35.1. The van der Waals surface area contributed by atoms with E-state index in [4.69, 9.17) is 0 Å². The molecule has 0 atom stereocenters. The van der Waals surface area contributed by atoms with Crippen LogP contribution in [0.2, 0.25) is 0 Å². The first kappa shape index (κ1) is 17.2. The molecule has 0 aliphatic carbocycles. The summed E-state index contributed by atoms with van der Waals surface area (Å²) in [6.45, 7) is 0. The van der Waals surface area contributed by atoms with Crippen LogP contribution in [0.4, 0.5) is 5.69 Å². The zero-order chi connectivity index (χ0) is 18.5. The Hall–Kier alpha value is -3.68. The van der Waals surface area contributed by atoms with E-state index in [1.165, 1.54) is 14.2 Å². The van der Waals surface area contributed by atoms with Crippen molar-refractivity contribution >= 4 is 28.7 Å². The van der Waals surface area contributed by atoms with Crippen molar-refractivity contribution in [3.05, 3.63) is 54.5 Å². The summed E-state index contributed by atoms with van der Waals surface area (Å²) in [5.41, 5.74) is 2.92. The number of aromatic amines is 1. The van der Waals surface area contributed by atoms with Gasteiger partial charge >= 0.3 is 11.9 Å². The Bertz CT molecular complexity index is 979. The number of H-pyrrole nitrogens is 1. The molecule has 0 aliphatic rings. The summed E-state index contributed by atoms with van der Waals surface area (Å²) in [7, 11) is 2.46. The van der Waals surface area contributed by atoms with Crippen molar-refractivity contribution in [3.63, 3.8) is 0 Å². The van der Waals surface area contributed by atoms with Crippen LogP contribution >= 0.6 is 0 Å². The molecule has 0 radical (unpaired) electrons. The molecule has 0 saturated heterocycles. The Balaban J connectivity index is 1.92. The number of methoxy groups -OCH3 is 2. The number of rotatable bonds is 5. The highest BCUT2D eigenvalue weighted by molar-refractivity contribution is 5.99. The van der Waals surface area contributed by atoms with Crippen LogP contribution in [0.3, 0.4) is 0 Å². The van der Waals surface area contributed by atoms with E-state index in [2.05, 4.69) is 29.7 Å². The van der Waals surface area contributed by atoms with Crippen molar-refractivity contribution in [2.45, 2.75) is 0 Å². The third kappa shape index (κ3) is 3.69. The second kappa shape index (κ2) is 7.47. The van der Waals surface area contributed by atoms with Gasteiger partial charge < -0.3 is 19.8 Å². The smallest absolute Gasteiger partial charge is 0.354 e. The predicted octanol–water partition coefficient (Wildman–Crippen LogP) is 2.27. The number of hydrogen-bond acceptors (Lipinski definition) is 7. The van der Waals surface area contributed by atoms with Crippen LogP contribution in [-0.4, -0.2) is 41.1 Å². The number of nitrogens with zero attached hydrogens (tertiary/aromatic N) is 2. The third-order valence-corrected chi connectivity index (χ3v) is 3.56. The molecule has 2 heterocycles. The molecule has 0 amide bonds. The largest absolute Gasteiger partial charge is 0.466 e. The zero-order valence-corrected chi connectivity index (χ0v) is 14.1. The number of carbonyl (C=O) groups excluding carboxylic acids is 2. The minimum absolute atomic E-state index is 0.0364. The lowest BCUT2D eigenvalue weighted by Crippen LogP contribution is -2.15. The van der Waals surface area contributed by atoms with Gasteiger partial charge in [0.2, 0.25) is 0 Å². The Labute approximate surface area is 148 Å². The highest BCUT2D eigenvalue weighted by Crippen LogP contribution is 2.23. The van der Waals surface area contributed by atoms with Gasteiger partial charge in [0, 0.05) is 23.6 Å². The molecule has 26 heavy (non-hydrogen) atoms. The van der Waals surface area contributed by atoms with Crippen molar-refractivity contribution in [1.29, 1.82) is 0 Å². The van der Waals surface area contributed by atoms with Crippen LogP contribution in [0.5, 0.6) is 0 Å². The lowest BCUT2D eigenvalue weighted by Gasteiger charge is -2.08. The van der Waals surface area contributed by atoms with E-state index in [1.54, 1.807) is 30.6 Å². The van der Waals surface area contributed by atoms with Crippen LogP contribution in [-0.2, 0) is 19.1 Å². The van der Waals surface area contributed by atoms with Gasteiger partial charge in [-0.15, -0.1) is 0 Å². The molecule has 8 nitrogen and oxygen atoms in total. The molecule has 0 saturated carbocycles. The fourth-order valence-electron chi connectivity index (χ4n) is 2.32. The summed E-state index contributed by atoms with van der Waals surface area (Å²) < 4.78 is 9.23. The molecule has 2 aromatic heterocycles. The van der Waals surface area contributed by atoms with Gasteiger partial charge in [-0.05, 0) is 30.3 Å². The molecule has 8 heteroatoms. The summed E-state index contributed by atoms with van der Waals surface area (Å²) in [6.07, 6.45) is 4.44. The second-order valence-corrected chi connectivity index (χ2v) is 5.26. The van der Waals surface area contributed by atoms with Gasteiger partial charge in [-0.25, -0.2) is 14.6 Å². The molecular weight excluding hydrogens is 336 g/mol. The number of aromatic nitrogens is 3. The molecule has 0 unspecified atom stereocenters. The van der Waals surface area contributed by atoms with Gasteiger partial charge in [0.1, 0.15) is 11.5 Å². The number of hydrogen-bond donors (Lipinski definition) is 2. The van der Waals surface area contributed by atoms with Gasteiger partial charge in [0.15, 0.2) is 0 Å². The second-order valence-electron chi connectivity index (χ2n) is 5.26. The first-order chi connectivity index (χ1) is 12.6. The molecule has 3 rings (SSSR count). The van der Waals surface area contributed by atoms with Crippen LogP contribution < -0.4 is 5.32 Å². The van der Waals surface area contributed by atoms with Gasteiger partial charge in [-0.3, -0.25) is 4.98 Å². The maximum absolute atomic E-state index is 11.8. The quantitative estimate of drug-likeness (QED) is 0.536. The van der Waals surface area contributed by atoms with Gasteiger partial charge in [0.05, 0.1) is 31.3 Å². The van der Waals surface area contributed by atoms with Gasteiger partial charge in [0.25, 0.3) is 0 Å². The van der Waals surface area contributed by atoms with Crippen molar-refractivity contribution in [3.8, 4) is 11.4 Å². The Morgan fingerprint density at radius 2 is 2.04 bits per heavy atom. The van der Waals surface area contributed by atoms with Gasteiger partial charge in [-0.1, -0.05) is 0 Å². The lowest BCUT2D eigenvalue weighted by molar-refractivity contribution is -0.138. The minimum atomic E-state index is -0.684. The normalized spacial score (nSPS) is 11.2. The summed E-state index contributed by atoms with van der Waals surface area (Å²) >= 11 is 0. The Morgan fingerprint density at radius 1 is 1.19 bits per heavy atom.